The molecule has 3 unspecified atom stereocenters. The predicted octanol–water partition coefficient (Wildman–Crippen LogP) is 0.869. The molecule has 2 saturated heterocycles. The van der Waals surface area contributed by atoms with E-state index < -0.39 is 0 Å². The molecule has 2 aliphatic heterocycles. The predicted molar refractivity (Wildman–Crippen MR) is 56.5 cm³/mol. The number of morpholine rings is 1. The Kier molecular flexibility index (Phi) is 2.23. The summed E-state index contributed by atoms with van der Waals surface area (Å²) in [6.45, 7) is 0.607. The van der Waals surface area contributed by atoms with Crippen LogP contribution in [0, 0.1) is 5.92 Å². The van der Waals surface area contributed by atoms with Crippen molar-refractivity contribution in [3.05, 3.63) is 12.2 Å². The van der Waals surface area contributed by atoms with E-state index >= 15 is 0 Å². The van der Waals surface area contributed by atoms with Crippen molar-refractivity contribution in [2.24, 2.45) is 5.92 Å². The van der Waals surface area contributed by atoms with Gasteiger partial charge in [0.15, 0.2) is 0 Å². The number of esters is 1. The van der Waals surface area contributed by atoms with Gasteiger partial charge >= 0.3 is 5.97 Å². The molecule has 0 saturated carbocycles. The average molecular weight is 221 g/mol. The van der Waals surface area contributed by atoms with Gasteiger partial charge in [-0.1, -0.05) is 12.2 Å². The van der Waals surface area contributed by atoms with Gasteiger partial charge in [-0.05, 0) is 19.3 Å². The minimum absolute atomic E-state index is 0.0411. The van der Waals surface area contributed by atoms with Crippen LogP contribution >= 0.6 is 0 Å². The van der Waals surface area contributed by atoms with E-state index in [2.05, 4.69) is 12.2 Å². The Morgan fingerprint density at radius 1 is 1.44 bits per heavy atom. The molecular formula is C12H15NO3. The van der Waals surface area contributed by atoms with Crippen molar-refractivity contribution in [1.29, 1.82) is 0 Å². The Morgan fingerprint density at radius 2 is 2.31 bits per heavy atom. The number of likely N-dealkylation sites (tertiary alicyclic amines) is 1. The van der Waals surface area contributed by atoms with Crippen LogP contribution in [0.5, 0.6) is 0 Å². The van der Waals surface area contributed by atoms with Crippen LogP contribution in [0.4, 0.5) is 0 Å². The monoisotopic (exact) mass is 221 g/mol. The first-order valence-electron chi connectivity index (χ1n) is 5.91. The highest BCUT2D eigenvalue weighted by Crippen LogP contribution is 2.32. The lowest BCUT2D eigenvalue weighted by Gasteiger charge is -2.29. The highest BCUT2D eigenvalue weighted by molar-refractivity contribution is 5.88. The molecule has 0 N–H and O–H groups in total. The lowest BCUT2D eigenvalue weighted by Crippen LogP contribution is -2.46. The van der Waals surface area contributed by atoms with Gasteiger partial charge in [-0.15, -0.1) is 0 Å². The molecule has 4 nitrogen and oxygen atoms in total. The average Bonchev–Trinajstić information content (AvgIpc) is 2.88. The summed E-state index contributed by atoms with van der Waals surface area (Å²) in [6, 6.07) is -0.289. The molecule has 0 radical (unpaired) electrons. The van der Waals surface area contributed by atoms with Gasteiger partial charge in [0.05, 0.1) is 6.54 Å². The Morgan fingerprint density at radius 3 is 2.94 bits per heavy atom. The van der Waals surface area contributed by atoms with E-state index in [0.717, 1.165) is 19.3 Å². The van der Waals surface area contributed by atoms with Crippen LogP contribution in [0.25, 0.3) is 0 Å². The maximum absolute atomic E-state index is 12.2. The number of fused-ring (bicyclic) bond motifs is 2. The van der Waals surface area contributed by atoms with E-state index in [1.807, 2.05) is 0 Å². The van der Waals surface area contributed by atoms with Gasteiger partial charge < -0.3 is 9.64 Å². The fourth-order valence-electron chi connectivity index (χ4n) is 2.85. The Hall–Kier alpha value is -1.32. The van der Waals surface area contributed by atoms with Crippen molar-refractivity contribution in [2.75, 3.05) is 6.54 Å². The van der Waals surface area contributed by atoms with Crippen molar-refractivity contribution in [3.8, 4) is 0 Å². The topological polar surface area (TPSA) is 46.6 Å². The zero-order valence-corrected chi connectivity index (χ0v) is 9.09. The molecule has 2 fully saturated rings. The van der Waals surface area contributed by atoms with E-state index in [4.69, 9.17) is 4.74 Å². The molecule has 16 heavy (non-hydrogen) atoms. The second-order valence-corrected chi connectivity index (χ2v) is 4.78. The Balaban J connectivity index is 1.71. The highest BCUT2D eigenvalue weighted by atomic mass is 16.6. The molecule has 0 aromatic carbocycles. The van der Waals surface area contributed by atoms with Gasteiger partial charge in [-0.25, -0.2) is 4.79 Å². The molecule has 3 aliphatic rings. The first-order valence-corrected chi connectivity index (χ1v) is 5.91. The van der Waals surface area contributed by atoms with E-state index in [0.29, 0.717) is 13.0 Å². The lowest BCUT2D eigenvalue weighted by atomic mass is 9.93. The second-order valence-electron chi connectivity index (χ2n) is 4.78. The first kappa shape index (κ1) is 9.87. The third-order valence-corrected chi connectivity index (χ3v) is 3.72. The quantitative estimate of drug-likeness (QED) is 0.487. The van der Waals surface area contributed by atoms with E-state index in [1.54, 1.807) is 4.90 Å². The van der Waals surface area contributed by atoms with E-state index in [-0.39, 0.29) is 29.9 Å². The summed E-state index contributed by atoms with van der Waals surface area (Å²) in [6.07, 6.45) is 7.56. The molecule has 0 aromatic rings. The number of ether oxygens (including phenoxy) is 1. The summed E-state index contributed by atoms with van der Waals surface area (Å²) in [7, 11) is 0. The number of hydrogen-bond donors (Lipinski definition) is 0. The fourth-order valence-corrected chi connectivity index (χ4v) is 2.85. The molecule has 1 amide bonds. The van der Waals surface area contributed by atoms with Crippen molar-refractivity contribution >= 4 is 11.9 Å². The summed E-state index contributed by atoms with van der Waals surface area (Å²) in [5.74, 6) is 0.0154. The fraction of sp³-hybridized carbons (Fsp3) is 0.667. The summed E-state index contributed by atoms with van der Waals surface area (Å²) in [5, 5.41) is 0. The van der Waals surface area contributed by atoms with Gasteiger partial charge in [-0.3, -0.25) is 4.79 Å². The molecular weight excluding hydrogens is 206 g/mol. The van der Waals surface area contributed by atoms with Crippen LogP contribution in [0.15, 0.2) is 12.2 Å². The molecule has 3 rings (SSSR count). The van der Waals surface area contributed by atoms with Crippen molar-refractivity contribution < 1.29 is 14.3 Å². The third kappa shape index (κ3) is 1.44. The molecule has 4 heteroatoms. The standard InChI is InChI=1S/C12H15NO3/c14-11(8-4-2-1-3-5-8)13-7-9-6-10(13)12(15)16-9/h1-2,8-10H,3-7H2. The number of nitrogens with zero attached hydrogens (tertiary/aromatic N) is 1. The van der Waals surface area contributed by atoms with Crippen LogP contribution in [0.3, 0.4) is 0 Å². The molecule has 0 spiro atoms. The van der Waals surface area contributed by atoms with E-state index in [9.17, 15) is 9.59 Å². The SMILES string of the molecule is O=C1OC2CC1N(C(=O)C1CC=CCC1)C2. The Labute approximate surface area is 94.2 Å². The molecule has 2 heterocycles. The molecule has 2 bridgehead atoms. The largest absolute Gasteiger partial charge is 0.459 e. The van der Waals surface area contributed by atoms with Crippen LogP contribution in [-0.4, -0.2) is 35.5 Å². The number of carbonyl (C=O) groups is 2. The zero-order chi connectivity index (χ0) is 11.1. The van der Waals surface area contributed by atoms with Crippen molar-refractivity contribution in [3.63, 3.8) is 0 Å². The maximum Gasteiger partial charge on any atom is 0.329 e. The third-order valence-electron chi connectivity index (χ3n) is 3.72. The summed E-state index contributed by atoms with van der Waals surface area (Å²) in [5.41, 5.74) is 0. The molecule has 86 valence electrons. The summed E-state index contributed by atoms with van der Waals surface area (Å²) >= 11 is 0. The number of allylic oxidation sites excluding steroid dienone is 2. The minimum atomic E-state index is -0.289. The zero-order valence-electron chi connectivity index (χ0n) is 9.09. The first-order chi connectivity index (χ1) is 7.75. The van der Waals surface area contributed by atoms with Crippen molar-refractivity contribution in [2.45, 2.75) is 37.8 Å². The van der Waals surface area contributed by atoms with Crippen LogP contribution in [0.2, 0.25) is 0 Å². The number of carbonyl (C=O) groups excluding carboxylic acids is 2. The van der Waals surface area contributed by atoms with Crippen LogP contribution in [0.1, 0.15) is 25.7 Å². The minimum Gasteiger partial charge on any atom is -0.459 e. The summed E-state index contributed by atoms with van der Waals surface area (Å²) < 4.78 is 5.08. The van der Waals surface area contributed by atoms with Crippen molar-refractivity contribution in [1.82, 2.24) is 4.90 Å². The molecule has 1 aliphatic carbocycles. The molecule has 3 atom stereocenters. The second kappa shape index (κ2) is 3.61. The molecule has 0 aromatic heterocycles. The van der Waals surface area contributed by atoms with Gasteiger partial charge in [0.25, 0.3) is 0 Å². The van der Waals surface area contributed by atoms with E-state index in [1.165, 1.54) is 0 Å². The normalized spacial score (nSPS) is 36.6. The summed E-state index contributed by atoms with van der Waals surface area (Å²) in [4.78, 5) is 25.4. The van der Waals surface area contributed by atoms with Gasteiger partial charge in [0, 0.05) is 12.3 Å². The smallest absolute Gasteiger partial charge is 0.329 e. The maximum atomic E-state index is 12.2. The number of amides is 1. The Bertz CT molecular complexity index is 363. The highest BCUT2D eigenvalue weighted by Gasteiger charge is 2.49. The van der Waals surface area contributed by atoms with Gasteiger partial charge in [0.1, 0.15) is 12.1 Å². The number of hydrogen-bond acceptors (Lipinski definition) is 3. The number of rotatable bonds is 1. The lowest BCUT2D eigenvalue weighted by molar-refractivity contribution is -0.158. The van der Waals surface area contributed by atoms with Gasteiger partial charge in [0.2, 0.25) is 5.91 Å². The van der Waals surface area contributed by atoms with Crippen LogP contribution in [-0.2, 0) is 14.3 Å². The van der Waals surface area contributed by atoms with Crippen LogP contribution < -0.4 is 0 Å². The van der Waals surface area contributed by atoms with Gasteiger partial charge in [-0.2, -0.15) is 0 Å².